The first-order chi connectivity index (χ1) is 10.7. The number of unbranched alkanes of at least 4 members (excludes halogenated alkanes) is 8. The first kappa shape index (κ1) is 22.8. The minimum absolute atomic E-state index is 0.229. The van der Waals surface area contributed by atoms with Crippen LogP contribution in [-0.2, 0) is 9.22 Å². The molecule has 0 atom stereocenters. The van der Waals surface area contributed by atoms with Gasteiger partial charge in [-0.3, -0.25) is 4.79 Å². The summed E-state index contributed by atoms with van der Waals surface area (Å²) in [7, 11) is -1.69. The van der Waals surface area contributed by atoms with E-state index in [-0.39, 0.29) is 5.04 Å². The van der Waals surface area contributed by atoms with Gasteiger partial charge in [0, 0.05) is 19.4 Å². The quantitative estimate of drug-likeness (QED) is 0.254. The van der Waals surface area contributed by atoms with Crippen LogP contribution in [0.4, 0.5) is 0 Å². The Kier molecular flexibility index (Phi) is 12.2. The summed E-state index contributed by atoms with van der Waals surface area (Å²) in [6.07, 6.45) is 13.1. The molecule has 0 aliphatic carbocycles. The first-order valence-electron chi connectivity index (χ1n) is 9.86. The van der Waals surface area contributed by atoms with E-state index < -0.39 is 8.32 Å². The van der Waals surface area contributed by atoms with Crippen molar-refractivity contribution in [3.63, 3.8) is 0 Å². The first-order valence-corrected chi connectivity index (χ1v) is 12.8. The van der Waals surface area contributed by atoms with Gasteiger partial charge in [0.2, 0.25) is 0 Å². The van der Waals surface area contributed by atoms with Gasteiger partial charge in [-0.05, 0) is 24.6 Å². The van der Waals surface area contributed by atoms with Crippen molar-refractivity contribution in [3.05, 3.63) is 0 Å². The van der Waals surface area contributed by atoms with Crippen LogP contribution in [0.25, 0.3) is 0 Å². The Hall–Kier alpha value is -0.153. The summed E-state index contributed by atoms with van der Waals surface area (Å²) in [6, 6.07) is 0. The van der Waals surface area contributed by atoms with Gasteiger partial charge in [0.15, 0.2) is 8.32 Å². The maximum Gasteiger partial charge on any atom is 0.191 e. The molecule has 0 spiro atoms. The number of hydrogen-bond acceptors (Lipinski definition) is 2. The SMILES string of the molecule is CCCCCCCCCCCC(=O)CCO[Si](C)(C)C(C)(C)C. The largest absolute Gasteiger partial charge is 0.416 e. The van der Waals surface area contributed by atoms with Gasteiger partial charge in [0.25, 0.3) is 0 Å². The minimum Gasteiger partial charge on any atom is -0.416 e. The van der Waals surface area contributed by atoms with Gasteiger partial charge in [0.05, 0.1) is 0 Å². The molecule has 0 N–H and O–H groups in total. The Bertz CT molecular complexity index is 305. The fraction of sp³-hybridized carbons (Fsp3) is 0.950. The van der Waals surface area contributed by atoms with Crippen LogP contribution < -0.4 is 0 Å². The third-order valence-corrected chi connectivity index (χ3v) is 9.75. The van der Waals surface area contributed by atoms with Crippen LogP contribution in [0.15, 0.2) is 0 Å². The molecule has 0 saturated carbocycles. The van der Waals surface area contributed by atoms with Crippen molar-refractivity contribution in [3.8, 4) is 0 Å². The molecule has 2 nitrogen and oxygen atoms in total. The van der Waals surface area contributed by atoms with E-state index in [9.17, 15) is 4.79 Å². The van der Waals surface area contributed by atoms with Crippen molar-refractivity contribution in [1.29, 1.82) is 0 Å². The highest BCUT2D eigenvalue weighted by Gasteiger charge is 2.36. The van der Waals surface area contributed by atoms with Crippen molar-refractivity contribution < 1.29 is 9.22 Å². The molecule has 0 radical (unpaired) electrons. The molecule has 0 rings (SSSR count). The van der Waals surface area contributed by atoms with Gasteiger partial charge in [-0.2, -0.15) is 0 Å². The van der Waals surface area contributed by atoms with Gasteiger partial charge in [0.1, 0.15) is 5.78 Å². The number of rotatable bonds is 14. The molecule has 3 heteroatoms. The Labute approximate surface area is 146 Å². The van der Waals surface area contributed by atoms with E-state index in [0.29, 0.717) is 18.8 Å². The summed E-state index contributed by atoms with van der Waals surface area (Å²) in [4.78, 5) is 11.9. The van der Waals surface area contributed by atoms with Gasteiger partial charge in [-0.1, -0.05) is 79.1 Å². The lowest BCUT2D eigenvalue weighted by molar-refractivity contribution is -0.119. The van der Waals surface area contributed by atoms with Crippen LogP contribution in [0, 0.1) is 0 Å². The van der Waals surface area contributed by atoms with E-state index in [1.54, 1.807) is 0 Å². The van der Waals surface area contributed by atoms with E-state index in [1.165, 1.54) is 51.4 Å². The van der Waals surface area contributed by atoms with Gasteiger partial charge in [-0.25, -0.2) is 0 Å². The van der Waals surface area contributed by atoms with Gasteiger partial charge < -0.3 is 4.43 Å². The second-order valence-electron chi connectivity index (χ2n) is 8.48. The summed E-state index contributed by atoms with van der Waals surface area (Å²) in [6.45, 7) is 14.1. The van der Waals surface area contributed by atoms with Crippen LogP contribution >= 0.6 is 0 Å². The highest BCUT2D eigenvalue weighted by molar-refractivity contribution is 6.74. The molecule has 0 aliphatic heterocycles. The summed E-state index contributed by atoms with van der Waals surface area (Å²) in [5, 5.41) is 0.229. The molecule has 0 aromatic heterocycles. The summed E-state index contributed by atoms with van der Waals surface area (Å²) in [5.74, 6) is 0.381. The predicted molar refractivity (Wildman–Crippen MR) is 105 cm³/mol. The number of hydrogen-bond donors (Lipinski definition) is 0. The van der Waals surface area contributed by atoms with Crippen LogP contribution in [0.2, 0.25) is 18.1 Å². The number of ketones is 1. The summed E-state index contributed by atoms with van der Waals surface area (Å²) < 4.78 is 6.07. The molecule has 0 saturated heterocycles. The molecule has 0 heterocycles. The highest BCUT2D eigenvalue weighted by Crippen LogP contribution is 2.36. The molecule has 0 aromatic rings. The number of Topliss-reactive ketones (excluding diaryl/α,β-unsaturated/α-hetero) is 1. The van der Waals surface area contributed by atoms with Crippen molar-refractivity contribution >= 4 is 14.1 Å². The van der Waals surface area contributed by atoms with Crippen LogP contribution in [0.3, 0.4) is 0 Å². The Morgan fingerprint density at radius 1 is 0.826 bits per heavy atom. The molecule has 0 fully saturated rings. The maximum absolute atomic E-state index is 11.9. The molecule has 138 valence electrons. The third-order valence-electron chi connectivity index (χ3n) is 5.21. The van der Waals surface area contributed by atoms with Gasteiger partial charge >= 0.3 is 0 Å². The maximum atomic E-state index is 11.9. The zero-order chi connectivity index (χ0) is 17.8. The van der Waals surface area contributed by atoms with E-state index in [2.05, 4.69) is 40.8 Å². The summed E-state index contributed by atoms with van der Waals surface area (Å²) >= 11 is 0. The minimum atomic E-state index is -1.69. The van der Waals surface area contributed by atoms with E-state index in [1.807, 2.05) is 0 Å². The fourth-order valence-corrected chi connectivity index (χ4v) is 3.44. The van der Waals surface area contributed by atoms with Crippen LogP contribution in [-0.4, -0.2) is 20.7 Å². The second kappa shape index (κ2) is 12.2. The van der Waals surface area contributed by atoms with E-state index >= 15 is 0 Å². The van der Waals surface area contributed by atoms with Crippen molar-refractivity contribution in [2.24, 2.45) is 0 Å². The van der Waals surface area contributed by atoms with E-state index in [0.717, 1.165) is 12.8 Å². The fourth-order valence-electron chi connectivity index (χ4n) is 2.39. The highest BCUT2D eigenvalue weighted by atomic mass is 28.4. The predicted octanol–water partition coefficient (Wildman–Crippen LogP) is 6.89. The second-order valence-corrected chi connectivity index (χ2v) is 13.3. The lowest BCUT2D eigenvalue weighted by atomic mass is 10.0. The standard InChI is InChI=1S/C20H42O2Si/c1-7-8-9-10-11-12-13-14-15-16-19(21)17-18-22-23(5,6)20(2,3)4/h7-18H2,1-6H3. The van der Waals surface area contributed by atoms with Crippen molar-refractivity contribution in [2.75, 3.05) is 6.61 Å². The lowest BCUT2D eigenvalue weighted by Crippen LogP contribution is -2.41. The summed E-state index contributed by atoms with van der Waals surface area (Å²) in [5.41, 5.74) is 0. The average molecular weight is 343 g/mol. The van der Waals surface area contributed by atoms with Gasteiger partial charge in [-0.15, -0.1) is 0 Å². The normalized spacial score (nSPS) is 12.6. The lowest BCUT2D eigenvalue weighted by Gasteiger charge is -2.36. The Morgan fingerprint density at radius 2 is 1.30 bits per heavy atom. The Morgan fingerprint density at radius 3 is 1.78 bits per heavy atom. The molecule has 0 amide bonds. The third kappa shape index (κ3) is 11.9. The molecular formula is C20H42O2Si. The average Bonchev–Trinajstić information content (AvgIpc) is 2.44. The van der Waals surface area contributed by atoms with Crippen molar-refractivity contribution in [1.82, 2.24) is 0 Å². The molecular weight excluding hydrogens is 300 g/mol. The molecule has 23 heavy (non-hydrogen) atoms. The van der Waals surface area contributed by atoms with E-state index in [4.69, 9.17) is 4.43 Å². The van der Waals surface area contributed by atoms with Crippen molar-refractivity contribution in [2.45, 2.75) is 116 Å². The molecule has 0 aromatic carbocycles. The molecule has 0 unspecified atom stereocenters. The number of carbonyl (C=O) groups excluding carboxylic acids is 1. The number of carbonyl (C=O) groups is 1. The topological polar surface area (TPSA) is 26.3 Å². The van der Waals surface area contributed by atoms with Crippen LogP contribution in [0.5, 0.6) is 0 Å². The molecule has 0 aliphatic rings. The monoisotopic (exact) mass is 342 g/mol. The smallest absolute Gasteiger partial charge is 0.191 e. The zero-order valence-corrected chi connectivity index (χ0v) is 17.8. The zero-order valence-electron chi connectivity index (χ0n) is 16.8. The molecule has 0 bridgehead atoms. The Balaban J connectivity index is 3.51. The van der Waals surface area contributed by atoms with Crippen LogP contribution in [0.1, 0.15) is 98.3 Å².